The Kier molecular flexibility index (Phi) is 7.79. The zero-order valence-electron chi connectivity index (χ0n) is 18.5. The predicted molar refractivity (Wildman–Crippen MR) is 127 cm³/mol. The van der Waals surface area contributed by atoms with E-state index in [2.05, 4.69) is 21.6 Å². The Morgan fingerprint density at radius 1 is 1.16 bits per heavy atom. The molecule has 1 aliphatic heterocycles. The molecule has 0 bridgehead atoms. The van der Waals surface area contributed by atoms with Gasteiger partial charge in [0.2, 0.25) is 0 Å². The molecule has 0 spiro atoms. The molecule has 1 heterocycles. The average molecular weight is 445 g/mol. The van der Waals surface area contributed by atoms with Crippen LogP contribution in [-0.4, -0.2) is 53.4 Å². The molecule has 2 N–H and O–H groups in total. The van der Waals surface area contributed by atoms with Crippen LogP contribution in [0.5, 0.6) is 5.75 Å². The third kappa shape index (κ3) is 6.89. The largest absolute Gasteiger partial charge is 0.495 e. The van der Waals surface area contributed by atoms with Crippen molar-refractivity contribution in [3.05, 3.63) is 59.7 Å². The monoisotopic (exact) mass is 444 g/mol. The van der Waals surface area contributed by atoms with Crippen molar-refractivity contribution in [2.75, 3.05) is 37.9 Å². The first-order valence-electron chi connectivity index (χ1n) is 10.6. The molecule has 3 rings (SSSR count). The summed E-state index contributed by atoms with van der Waals surface area (Å²) in [6, 6.07) is 16.0. The van der Waals surface area contributed by atoms with Crippen molar-refractivity contribution in [2.45, 2.75) is 31.7 Å². The minimum Gasteiger partial charge on any atom is -0.495 e. The number of benzene rings is 2. The molecule has 0 radical (unpaired) electrons. The Labute approximate surface area is 185 Å². The van der Waals surface area contributed by atoms with Crippen LogP contribution in [0, 0.1) is 0 Å². The number of nitrogens with zero attached hydrogens (tertiary/aromatic N) is 2. The zero-order valence-corrected chi connectivity index (χ0v) is 19.3. The van der Waals surface area contributed by atoms with E-state index in [1.165, 1.54) is 6.26 Å². The van der Waals surface area contributed by atoms with Gasteiger partial charge < -0.3 is 20.3 Å². The number of hydrogen-bond donors (Lipinski definition) is 2. The maximum atomic E-state index is 11.4. The topological polar surface area (TPSA) is 83.0 Å². The van der Waals surface area contributed by atoms with Crippen LogP contribution < -0.4 is 20.3 Å². The highest BCUT2D eigenvalue weighted by Gasteiger charge is 2.25. The minimum atomic E-state index is -3.03. The predicted octanol–water partition coefficient (Wildman–Crippen LogP) is 2.57. The van der Waals surface area contributed by atoms with E-state index in [-0.39, 0.29) is 5.75 Å². The number of ether oxygens (including phenoxy) is 1. The molecule has 2 aromatic carbocycles. The lowest BCUT2D eigenvalue weighted by Gasteiger charge is -2.22. The van der Waals surface area contributed by atoms with Crippen molar-refractivity contribution >= 4 is 21.5 Å². The van der Waals surface area contributed by atoms with E-state index < -0.39 is 9.84 Å². The van der Waals surface area contributed by atoms with Gasteiger partial charge in [-0.15, -0.1) is 0 Å². The van der Waals surface area contributed by atoms with Crippen LogP contribution in [0.15, 0.2) is 53.5 Å². The molecule has 168 valence electrons. The van der Waals surface area contributed by atoms with E-state index >= 15 is 0 Å². The van der Waals surface area contributed by atoms with E-state index in [0.29, 0.717) is 12.6 Å². The summed E-state index contributed by atoms with van der Waals surface area (Å²) in [4.78, 5) is 7.05. The molecular formula is C23H32N4O3S. The van der Waals surface area contributed by atoms with Crippen LogP contribution in [0.3, 0.4) is 0 Å². The molecule has 1 fully saturated rings. The second kappa shape index (κ2) is 10.5. The molecule has 0 amide bonds. The van der Waals surface area contributed by atoms with Gasteiger partial charge >= 0.3 is 0 Å². The highest BCUT2D eigenvalue weighted by atomic mass is 32.2. The van der Waals surface area contributed by atoms with E-state index in [4.69, 9.17) is 9.73 Å². The summed E-state index contributed by atoms with van der Waals surface area (Å²) >= 11 is 0. The van der Waals surface area contributed by atoms with Gasteiger partial charge in [-0.1, -0.05) is 36.4 Å². The van der Waals surface area contributed by atoms with Gasteiger partial charge in [0.15, 0.2) is 15.8 Å². The van der Waals surface area contributed by atoms with Crippen LogP contribution in [0.4, 0.5) is 5.69 Å². The number of methoxy groups -OCH3 is 1. The maximum absolute atomic E-state index is 11.4. The minimum absolute atomic E-state index is 0.0606. The molecule has 1 unspecified atom stereocenters. The lowest BCUT2D eigenvalue weighted by molar-refractivity contribution is 0.415. The molecule has 2 aromatic rings. The van der Waals surface area contributed by atoms with Crippen LogP contribution in [0.25, 0.3) is 0 Å². The van der Waals surface area contributed by atoms with Crippen LogP contribution in [-0.2, 0) is 22.1 Å². The number of hydrogen-bond acceptors (Lipinski definition) is 5. The second-order valence-corrected chi connectivity index (χ2v) is 9.97. The first kappa shape index (κ1) is 22.9. The van der Waals surface area contributed by atoms with Crippen LogP contribution in [0.1, 0.15) is 24.5 Å². The van der Waals surface area contributed by atoms with Crippen molar-refractivity contribution in [3.8, 4) is 5.75 Å². The lowest BCUT2D eigenvalue weighted by atomic mass is 10.1. The molecule has 1 atom stereocenters. The van der Waals surface area contributed by atoms with Gasteiger partial charge in [-0.25, -0.2) is 13.4 Å². The molecule has 31 heavy (non-hydrogen) atoms. The van der Waals surface area contributed by atoms with Crippen molar-refractivity contribution < 1.29 is 13.2 Å². The summed E-state index contributed by atoms with van der Waals surface area (Å²) in [5, 5.41) is 6.86. The van der Waals surface area contributed by atoms with E-state index in [9.17, 15) is 8.42 Å². The molecule has 1 saturated heterocycles. The van der Waals surface area contributed by atoms with Gasteiger partial charge in [-0.05, 0) is 36.6 Å². The number of para-hydroxylation sites is 2. The summed E-state index contributed by atoms with van der Waals surface area (Å²) in [6.07, 6.45) is 2.26. The summed E-state index contributed by atoms with van der Waals surface area (Å²) in [5.74, 6) is 1.74. The molecule has 0 saturated carbocycles. The summed E-state index contributed by atoms with van der Waals surface area (Å²) in [7, 11) is -1.32. The molecule has 7 nitrogen and oxygen atoms in total. The van der Waals surface area contributed by atoms with E-state index in [1.54, 1.807) is 7.11 Å². The van der Waals surface area contributed by atoms with E-state index in [1.807, 2.05) is 49.4 Å². The maximum Gasteiger partial charge on any atom is 0.191 e. The molecule has 0 aliphatic carbocycles. The Balaban J connectivity index is 1.60. The average Bonchev–Trinajstić information content (AvgIpc) is 3.20. The quantitative estimate of drug-likeness (QED) is 0.481. The standard InChI is InChI=1S/C23H32N4O3S/c1-4-24-23(25-15-18-9-11-19(12-10-18)17-31(3,28)29)26-20-13-14-27(16-20)21-7-5-6-8-22(21)30-2/h5-12,20H,4,13-17H2,1-3H3,(H2,24,25,26). The molecule has 8 heteroatoms. The Hall–Kier alpha value is -2.74. The first-order valence-corrected chi connectivity index (χ1v) is 12.6. The smallest absolute Gasteiger partial charge is 0.191 e. The molecular weight excluding hydrogens is 412 g/mol. The number of rotatable bonds is 8. The molecule has 0 aromatic heterocycles. The van der Waals surface area contributed by atoms with Gasteiger partial charge in [-0.2, -0.15) is 0 Å². The number of guanidine groups is 1. The first-order chi connectivity index (χ1) is 14.9. The summed E-state index contributed by atoms with van der Waals surface area (Å²) in [6.45, 7) is 5.19. The van der Waals surface area contributed by atoms with Crippen molar-refractivity contribution in [2.24, 2.45) is 4.99 Å². The van der Waals surface area contributed by atoms with Gasteiger partial charge in [-0.3, -0.25) is 0 Å². The fourth-order valence-corrected chi connectivity index (χ4v) is 4.51. The Bertz CT molecular complexity index is 990. The number of sulfone groups is 1. The van der Waals surface area contributed by atoms with Gasteiger partial charge in [0.1, 0.15) is 5.75 Å². The fourth-order valence-electron chi connectivity index (χ4n) is 3.72. The normalized spacial score (nSPS) is 16.9. The highest BCUT2D eigenvalue weighted by molar-refractivity contribution is 7.89. The SMILES string of the molecule is CCNC(=NCc1ccc(CS(C)(=O)=O)cc1)NC1CCN(c2ccccc2OC)C1. The van der Waals surface area contributed by atoms with Gasteiger partial charge in [0.25, 0.3) is 0 Å². The number of nitrogens with one attached hydrogen (secondary N) is 2. The van der Waals surface area contributed by atoms with Crippen LogP contribution >= 0.6 is 0 Å². The van der Waals surface area contributed by atoms with Crippen molar-refractivity contribution in [1.29, 1.82) is 0 Å². The molecule has 1 aliphatic rings. The third-order valence-corrected chi connectivity index (χ3v) is 6.03. The highest BCUT2D eigenvalue weighted by Crippen LogP contribution is 2.30. The summed E-state index contributed by atoms with van der Waals surface area (Å²) < 4.78 is 28.4. The Morgan fingerprint density at radius 3 is 2.55 bits per heavy atom. The zero-order chi connectivity index (χ0) is 22.3. The van der Waals surface area contributed by atoms with Crippen LogP contribution in [0.2, 0.25) is 0 Å². The van der Waals surface area contributed by atoms with E-state index in [0.717, 1.165) is 54.6 Å². The lowest BCUT2D eigenvalue weighted by Crippen LogP contribution is -2.44. The number of aliphatic imine (C=N–C) groups is 1. The van der Waals surface area contributed by atoms with Gasteiger partial charge in [0.05, 0.1) is 25.1 Å². The van der Waals surface area contributed by atoms with Crippen molar-refractivity contribution in [3.63, 3.8) is 0 Å². The number of anilines is 1. The second-order valence-electron chi connectivity index (χ2n) is 7.83. The van der Waals surface area contributed by atoms with Crippen molar-refractivity contribution in [1.82, 2.24) is 10.6 Å². The summed E-state index contributed by atoms with van der Waals surface area (Å²) in [5.41, 5.74) is 2.95. The fraction of sp³-hybridized carbons (Fsp3) is 0.435. The van der Waals surface area contributed by atoms with Gasteiger partial charge in [0, 0.05) is 31.9 Å². The Morgan fingerprint density at radius 2 is 1.87 bits per heavy atom. The third-order valence-electron chi connectivity index (χ3n) is 5.17.